The molecule has 2 rings (SSSR count). The van der Waals surface area contributed by atoms with Gasteiger partial charge in [-0.25, -0.2) is 14.8 Å². The quantitative estimate of drug-likeness (QED) is 0.738. The van der Waals surface area contributed by atoms with Gasteiger partial charge in [-0.15, -0.1) is 0 Å². The number of aromatic nitrogens is 2. The summed E-state index contributed by atoms with van der Waals surface area (Å²) < 4.78 is 0. The van der Waals surface area contributed by atoms with Crippen molar-refractivity contribution in [1.82, 2.24) is 9.97 Å². The van der Waals surface area contributed by atoms with Crippen LogP contribution in [0.15, 0.2) is 24.5 Å². The second kappa shape index (κ2) is 3.06. The van der Waals surface area contributed by atoms with Crippen molar-refractivity contribution < 1.29 is 9.90 Å². The van der Waals surface area contributed by atoms with Gasteiger partial charge in [-0.2, -0.15) is 0 Å². The molecule has 1 N–H and O–H groups in total. The Morgan fingerprint density at radius 2 is 2.14 bits per heavy atom. The van der Waals surface area contributed by atoms with Crippen molar-refractivity contribution in [1.29, 1.82) is 0 Å². The van der Waals surface area contributed by atoms with Gasteiger partial charge in [0.1, 0.15) is 6.33 Å². The van der Waals surface area contributed by atoms with Crippen LogP contribution >= 0.6 is 0 Å². The molecule has 0 saturated heterocycles. The molecular formula is C10H8N2O2. The van der Waals surface area contributed by atoms with Crippen LogP contribution in [0.2, 0.25) is 0 Å². The number of carbonyl (C=O) groups is 1. The van der Waals surface area contributed by atoms with Crippen molar-refractivity contribution in [2.75, 3.05) is 0 Å². The van der Waals surface area contributed by atoms with Gasteiger partial charge in [0.15, 0.2) is 5.69 Å². The fourth-order valence-corrected chi connectivity index (χ4v) is 1.34. The van der Waals surface area contributed by atoms with Gasteiger partial charge in [-0.1, -0.05) is 12.1 Å². The summed E-state index contributed by atoms with van der Waals surface area (Å²) in [7, 11) is 0. The second-order valence-corrected chi connectivity index (χ2v) is 3.05. The van der Waals surface area contributed by atoms with Crippen LogP contribution in [-0.2, 0) is 0 Å². The Hall–Kier alpha value is -1.97. The molecule has 0 unspecified atom stereocenters. The lowest BCUT2D eigenvalue weighted by atomic mass is 10.1. The Labute approximate surface area is 80.2 Å². The van der Waals surface area contributed by atoms with Crippen LogP contribution in [-0.4, -0.2) is 21.0 Å². The standard InChI is InChI=1S/C10H8N2O2/c1-6-2-3-7-8(4-6)11-5-12-9(7)10(13)14/h2-5H,1H3,(H,13,14). The van der Waals surface area contributed by atoms with E-state index in [1.807, 2.05) is 19.1 Å². The van der Waals surface area contributed by atoms with Crippen LogP contribution < -0.4 is 0 Å². The third-order valence-corrected chi connectivity index (χ3v) is 1.99. The number of hydrogen-bond acceptors (Lipinski definition) is 3. The first kappa shape index (κ1) is 8.62. The minimum Gasteiger partial charge on any atom is -0.476 e. The van der Waals surface area contributed by atoms with Crippen molar-refractivity contribution in [3.05, 3.63) is 35.8 Å². The van der Waals surface area contributed by atoms with Crippen molar-refractivity contribution in [3.8, 4) is 0 Å². The largest absolute Gasteiger partial charge is 0.476 e. The molecule has 70 valence electrons. The molecular weight excluding hydrogens is 180 g/mol. The molecule has 1 aromatic heterocycles. The van der Waals surface area contributed by atoms with Crippen LogP contribution in [0.3, 0.4) is 0 Å². The number of hydrogen-bond donors (Lipinski definition) is 1. The number of fused-ring (bicyclic) bond motifs is 1. The van der Waals surface area contributed by atoms with Gasteiger partial charge < -0.3 is 5.11 Å². The first-order chi connectivity index (χ1) is 6.68. The molecule has 0 atom stereocenters. The molecule has 0 spiro atoms. The molecule has 2 aromatic rings. The van der Waals surface area contributed by atoms with Crippen LogP contribution in [0.4, 0.5) is 0 Å². The SMILES string of the molecule is Cc1ccc2c(C(=O)O)ncnc2c1. The maximum absolute atomic E-state index is 10.8. The van der Waals surface area contributed by atoms with E-state index < -0.39 is 5.97 Å². The van der Waals surface area contributed by atoms with E-state index in [-0.39, 0.29) is 5.69 Å². The van der Waals surface area contributed by atoms with E-state index >= 15 is 0 Å². The summed E-state index contributed by atoms with van der Waals surface area (Å²) >= 11 is 0. The molecule has 14 heavy (non-hydrogen) atoms. The number of carboxylic acid groups (broad SMARTS) is 1. The Morgan fingerprint density at radius 1 is 1.36 bits per heavy atom. The van der Waals surface area contributed by atoms with E-state index in [1.165, 1.54) is 6.33 Å². The molecule has 4 heteroatoms. The van der Waals surface area contributed by atoms with Gasteiger partial charge >= 0.3 is 5.97 Å². The smallest absolute Gasteiger partial charge is 0.355 e. The summed E-state index contributed by atoms with van der Waals surface area (Å²) in [6.45, 7) is 1.93. The molecule has 0 radical (unpaired) electrons. The van der Waals surface area contributed by atoms with E-state index in [1.54, 1.807) is 6.07 Å². The number of benzene rings is 1. The maximum atomic E-state index is 10.8. The molecule has 0 aliphatic carbocycles. The molecule has 4 nitrogen and oxygen atoms in total. The van der Waals surface area contributed by atoms with E-state index in [0.29, 0.717) is 10.9 Å². The molecule has 1 aromatic carbocycles. The fourth-order valence-electron chi connectivity index (χ4n) is 1.34. The monoisotopic (exact) mass is 188 g/mol. The summed E-state index contributed by atoms with van der Waals surface area (Å²) in [4.78, 5) is 18.5. The third-order valence-electron chi connectivity index (χ3n) is 1.99. The van der Waals surface area contributed by atoms with E-state index in [0.717, 1.165) is 5.56 Å². The van der Waals surface area contributed by atoms with E-state index in [9.17, 15) is 4.79 Å². The lowest BCUT2D eigenvalue weighted by Crippen LogP contribution is -2.01. The van der Waals surface area contributed by atoms with Gasteiger partial charge in [-0.05, 0) is 18.6 Å². The minimum absolute atomic E-state index is 0.0509. The first-order valence-corrected chi connectivity index (χ1v) is 4.13. The number of aromatic carboxylic acids is 1. The fraction of sp³-hybridized carbons (Fsp3) is 0.100. The Morgan fingerprint density at radius 3 is 2.86 bits per heavy atom. The Bertz CT molecular complexity index is 508. The summed E-state index contributed by atoms with van der Waals surface area (Å²) in [5, 5.41) is 9.44. The highest BCUT2D eigenvalue weighted by Gasteiger charge is 2.09. The molecule has 0 saturated carbocycles. The predicted molar refractivity (Wildman–Crippen MR) is 51.2 cm³/mol. The third kappa shape index (κ3) is 1.31. The lowest BCUT2D eigenvalue weighted by molar-refractivity contribution is 0.0692. The van der Waals surface area contributed by atoms with Gasteiger partial charge in [0.05, 0.1) is 5.52 Å². The minimum atomic E-state index is -1.03. The molecule has 0 bridgehead atoms. The highest BCUT2D eigenvalue weighted by molar-refractivity contribution is 6.00. The number of rotatable bonds is 1. The number of nitrogens with zero attached hydrogens (tertiary/aromatic N) is 2. The lowest BCUT2D eigenvalue weighted by Gasteiger charge is -2.00. The molecule has 0 amide bonds. The zero-order chi connectivity index (χ0) is 10.1. The molecule has 0 aliphatic rings. The summed E-state index contributed by atoms with van der Waals surface area (Å²) in [6, 6.07) is 5.41. The first-order valence-electron chi connectivity index (χ1n) is 4.13. The zero-order valence-corrected chi connectivity index (χ0v) is 7.56. The van der Waals surface area contributed by atoms with Crippen molar-refractivity contribution in [3.63, 3.8) is 0 Å². The van der Waals surface area contributed by atoms with Crippen molar-refractivity contribution >= 4 is 16.9 Å². The van der Waals surface area contributed by atoms with Crippen LogP contribution in [0.5, 0.6) is 0 Å². The van der Waals surface area contributed by atoms with Gasteiger partial charge in [0.25, 0.3) is 0 Å². The van der Waals surface area contributed by atoms with Crippen LogP contribution in [0.1, 0.15) is 16.1 Å². The average molecular weight is 188 g/mol. The Balaban J connectivity index is 2.81. The second-order valence-electron chi connectivity index (χ2n) is 3.05. The van der Waals surface area contributed by atoms with Gasteiger partial charge in [0.2, 0.25) is 0 Å². The molecule has 0 aliphatic heterocycles. The predicted octanol–water partition coefficient (Wildman–Crippen LogP) is 1.64. The summed E-state index contributed by atoms with van der Waals surface area (Å²) in [6.07, 6.45) is 1.27. The van der Waals surface area contributed by atoms with E-state index in [4.69, 9.17) is 5.11 Å². The summed E-state index contributed by atoms with van der Waals surface area (Å²) in [5.41, 5.74) is 1.76. The number of aryl methyl sites for hydroxylation is 1. The van der Waals surface area contributed by atoms with Crippen LogP contribution in [0, 0.1) is 6.92 Å². The van der Waals surface area contributed by atoms with Crippen molar-refractivity contribution in [2.45, 2.75) is 6.92 Å². The highest BCUT2D eigenvalue weighted by atomic mass is 16.4. The summed E-state index contributed by atoms with van der Waals surface area (Å²) in [5.74, 6) is -1.03. The topological polar surface area (TPSA) is 63.1 Å². The molecule has 1 heterocycles. The Kier molecular flexibility index (Phi) is 1.89. The van der Waals surface area contributed by atoms with Crippen LogP contribution in [0.25, 0.3) is 10.9 Å². The maximum Gasteiger partial charge on any atom is 0.355 e. The normalized spacial score (nSPS) is 10.4. The zero-order valence-electron chi connectivity index (χ0n) is 7.56. The average Bonchev–Trinajstić information content (AvgIpc) is 2.16. The molecule has 0 fully saturated rings. The van der Waals surface area contributed by atoms with Gasteiger partial charge in [0, 0.05) is 5.39 Å². The van der Waals surface area contributed by atoms with E-state index in [2.05, 4.69) is 9.97 Å². The van der Waals surface area contributed by atoms with Gasteiger partial charge in [-0.3, -0.25) is 0 Å². The number of carboxylic acids is 1. The highest BCUT2D eigenvalue weighted by Crippen LogP contribution is 2.15. The van der Waals surface area contributed by atoms with Crippen molar-refractivity contribution in [2.24, 2.45) is 0 Å².